The molecule has 1 atom stereocenters. The average Bonchev–Trinajstić information content (AvgIpc) is 2.85. The van der Waals surface area contributed by atoms with Crippen molar-refractivity contribution in [1.29, 1.82) is 0 Å². The van der Waals surface area contributed by atoms with E-state index in [4.69, 9.17) is 0 Å². The number of rotatable bonds is 6. The molecule has 21 heavy (non-hydrogen) atoms. The fourth-order valence-corrected chi connectivity index (χ4v) is 2.48. The van der Waals surface area contributed by atoms with Crippen molar-refractivity contribution < 1.29 is 9.59 Å². The number of carbonyl (C=O) groups excluding carboxylic acids is 2. The first-order valence-corrected chi connectivity index (χ1v) is 7.60. The van der Waals surface area contributed by atoms with Gasteiger partial charge in [-0.25, -0.2) is 4.79 Å². The second-order valence-corrected chi connectivity index (χ2v) is 5.35. The molecule has 0 aliphatic carbocycles. The Morgan fingerprint density at radius 3 is 2.76 bits per heavy atom. The van der Waals surface area contributed by atoms with Gasteiger partial charge in [-0.15, -0.1) is 0 Å². The molecule has 1 aliphatic heterocycles. The Hall–Kier alpha value is -2.04. The molecule has 1 fully saturated rings. The van der Waals surface area contributed by atoms with Crippen LogP contribution in [-0.2, 0) is 4.79 Å². The zero-order valence-electron chi connectivity index (χ0n) is 12.5. The van der Waals surface area contributed by atoms with Crippen LogP contribution in [0, 0.1) is 0 Å². The Kier molecular flexibility index (Phi) is 5.60. The van der Waals surface area contributed by atoms with Gasteiger partial charge in [-0.2, -0.15) is 0 Å². The van der Waals surface area contributed by atoms with Crippen LogP contribution in [0.1, 0.15) is 32.6 Å². The highest BCUT2D eigenvalue weighted by Crippen LogP contribution is 2.20. The van der Waals surface area contributed by atoms with E-state index in [-0.39, 0.29) is 18.0 Å². The van der Waals surface area contributed by atoms with Gasteiger partial charge in [-0.05, 0) is 18.6 Å². The first-order chi connectivity index (χ1) is 10.2. The number of unbranched alkanes of at least 4 members (excludes halogenated alkanes) is 2. The number of benzene rings is 1. The van der Waals surface area contributed by atoms with Gasteiger partial charge >= 0.3 is 6.03 Å². The zero-order chi connectivity index (χ0) is 15.1. The van der Waals surface area contributed by atoms with Crippen LogP contribution in [0.15, 0.2) is 30.3 Å². The van der Waals surface area contributed by atoms with Gasteiger partial charge < -0.3 is 15.5 Å². The maximum atomic E-state index is 12.0. The second-order valence-electron chi connectivity index (χ2n) is 5.35. The van der Waals surface area contributed by atoms with Crippen molar-refractivity contribution in [3.05, 3.63) is 30.3 Å². The van der Waals surface area contributed by atoms with E-state index in [1.807, 2.05) is 30.3 Å². The normalized spacial score (nSPS) is 17.9. The standard InChI is InChI=1S/C16H23N3O2/c1-2-3-7-10-17-16(21)18-13-11-15(20)19(12-13)14-8-5-4-6-9-14/h4-6,8-9,13H,2-3,7,10-12H2,1H3,(H2,17,18,21). The lowest BCUT2D eigenvalue weighted by Gasteiger charge is -2.17. The van der Waals surface area contributed by atoms with E-state index in [0.717, 1.165) is 24.9 Å². The van der Waals surface area contributed by atoms with Crippen molar-refractivity contribution in [1.82, 2.24) is 10.6 Å². The predicted octanol–water partition coefficient (Wildman–Crippen LogP) is 2.28. The van der Waals surface area contributed by atoms with E-state index in [1.165, 1.54) is 0 Å². The molecular formula is C16H23N3O2. The average molecular weight is 289 g/mol. The van der Waals surface area contributed by atoms with Crippen molar-refractivity contribution in [2.24, 2.45) is 0 Å². The smallest absolute Gasteiger partial charge is 0.315 e. The molecule has 1 aromatic carbocycles. The van der Waals surface area contributed by atoms with Crippen LogP contribution in [-0.4, -0.2) is 31.1 Å². The second kappa shape index (κ2) is 7.67. The van der Waals surface area contributed by atoms with Crippen molar-refractivity contribution >= 4 is 17.6 Å². The van der Waals surface area contributed by atoms with E-state index in [2.05, 4.69) is 17.6 Å². The molecule has 1 heterocycles. The van der Waals surface area contributed by atoms with Gasteiger partial charge in [0.25, 0.3) is 0 Å². The molecule has 0 saturated carbocycles. The van der Waals surface area contributed by atoms with Gasteiger partial charge in [-0.3, -0.25) is 4.79 Å². The lowest BCUT2D eigenvalue weighted by molar-refractivity contribution is -0.117. The summed E-state index contributed by atoms with van der Waals surface area (Å²) in [4.78, 5) is 25.5. The van der Waals surface area contributed by atoms with Crippen LogP contribution in [0.5, 0.6) is 0 Å². The molecule has 2 rings (SSSR count). The molecule has 3 amide bonds. The van der Waals surface area contributed by atoms with Crippen LogP contribution in [0.2, 0.25) is 0 Å². The zero-order valence-corrected chi connectivity index (χ0v) is 12.5. The highest BCUT2D eigenvalue weighted by atomic mass is 16.2. The van der Waals surface area contributed by atoms with Crippen molar-refractivity contribution in [3.8, 4) is 0 Å². The molecule has 0 aromatic heterocycles. The number of carbonyl (C=O) groups is 2. The summed E-state index contributed by atoms with van der Waals surface area (Å²) in [5.74, 6) is 0.0532. The van der Waals surface area contributed by atoms with E-state index in [9.17, 15) is 9.59 Å². The minimum Gasteiger partial charge on any atom is -0.338 e. The van der Waals surface area contributed by atoms with Gasteiger partial charge in [0.05, 0.1) is 6.04 Å². The first kappa shape index (κ1) is 15.4. The third-order valence-corrected chi connectivity index (χ3v) is 3.59. The monoisotopic (exact) mass is 289 g/mol. The molecule has 5 heteroatoms. The summed E-state index contributed by atoms with van der Waals surface area (Å²) in [7, 11) is 0. The lowest BCUT2D eigenvalue weighted by atomic mass is 10.2. The molecular weight excluding hydrogens is 266 g/mol. The number of hydrogen-bond donors (Lipinski definition) is 2. The highest BCUT2D eigenvalue weighted by molar-refractivity contribution is 5.96. The molecule has 1 unspecified atom stereocenters. The van der Waals surface area contributed by atoms with Crippen LogP contribution < -0.4 is 15.5 Å². The molecule has 0 bridgehead atoms. The summed E-state index contributed by atoms with van der Waals surface area (Å²) in [6, 6.07) is 9.25. The minimum absolute atomic E-state index is 0.0532. The SMILES string of the molecule is CCCCCNC(=O)NC1CC(=O)N(c2ccccc2)C1. The van der Waals surface area contributed by atoms with Gasteiger partial charge in [-0.1, -0.05) is 38.0 Å². The van der Waals surface area contributed by atoms with E-state index < -0.39 is 0 Å². The number of anilines is 1. The Bertz CT molecular complexity index is 476. The first-order valence-electron chi connectivity index (χ1n) is 7.60. The summed E-state index contributed by atoms with van der Waals surface area (Å²) in [6.45, 7) is 3.34. The molecule has 5 nitrogen and oxygen atoms in total. The summed E-state index contributed by atoms with van der Waals surface area (Å²) < 4.78 is 0. The molecule has 0 spiro atoms. The highest BCUT2D eigenvalue weighted by Gasteiger charge is 2.31. The molecule has 0 radical (unpaired) electrons. The fraction of sp³-hybridized carbons (Fsp3) is 0.500. The quantitative estimate of drug-likeness (QED) is 0.789. The fourth-order valence-electron chi connectivity index (χ4n) is 2.48. The van der Waals surface area contributed by atoms with Gasteiger partial charge in [0.2, 0.25) is 5.91 Å². The summed E-state index contributed by atoms with van der Waals surface area (Å²) in [6.07, 6.45) is 3.59. The molecule has 2 N–H and O–H groups in total. The van der Waals surface area contributed by atoms with Gasteiger partial charge in [0, 0.05) is 25.2 Å². The Morgan fingerprint density at radius 2 is 2.05 bits per heavy atom. The molecule has 114 valence electrons. The number of para-hydroxylation sites is 1. The number of urea groups is 1. The van der Waals surface area contributed by atoms with Crippen molar-refractivity contribution in [2.75, 3.05) is 18.0 Å². The summed E-state index contributed by atoms with van der Waals surface area (Å²) in [5, 5.41) is 5.71. The number of nitrogens with one attached hydrogen (secondary N) is 2. The predicted molar refractivity (Wildman–Crippen MR) is 83.3 cm³/mol. The van der Waals surface area contributed by atoms with Crippen LogP contribution in [0.25, 0.3) is 0 Å². The van der Waals surface area contributed by atoms with E-state index in [1.54, 1.807) is 4.90 Å². The molecule has 1 aromatic rings. The Morgan fingerprint density at radius 1 is 1.29 bits per heavy atom. The van der Waals surface area contributed by atoms with Crippen LogP contribution in [0.4, 0.5) is 10.5 Å². The Labute approximate surface area is 125 Å². The summed E-state index contributed by atoms with van der Waals surface area (Å²) in [5.41, 5.74) is 0.884. The minimum atomic E-state index is -0.182. The van der Waals surface area contributed by atoms with Crippen molar-refractivity contribution in [3.63, 3.8) is 0 Å². The Balaban J connectivity index is 1.79. The van der Waals surface area contributed by atoms with E-state index >= 15 is 0 Å². The third-order valence-electron chi connectivity index (χ3n) is 3.59. The van der Waals surface area contributed by atoms with Crippen LogP contribution in [0.3, 0.4) is 0 Å². The molecule has 1 saturated heterocycles. The number of hydrogen-bond acceptors (Lipinski definition) is 2. The van der Waals surface area contributed by atoms with Crippen molar-refractivity contribution in [2.45, 2.75) is 38.6 Å². The largest absolute Gasteiger partial charge is 0.338 e. The number of nitrogens with zero attached hydrogens (tertiary/aromatic N) is 1. The topological polar surface area (TPSA) is 61.4 Å². The van der Waals surface area contributed by atoms with Gasteiger partial charge in [0.1, 0.15) is 0 Å². The maximum absolute atomic E-state index is 12.0. The summed E-state index contributed by atoms with van der Waals surface area (Å²) >= 11 is 0. The number of amides is 3. The van der Waals surface area contributed by atoms with Crippen LogP contribution >= 0.6 is 0 Å². The third kappa shape index (κ3) is 4.48. The molecule has 1 aliphatic rings. The van der Waals surface area contributed by atoms with Gasteiger partial charge in [0.15, 0.2) is 0 Å². The maximum Gasteiger partial charge on any atom is 0.315 e. The lowest BCUT2D eigenvalue weighted by Crippen LogP contribution is -2.43. The van der Waals surface area contributed by atoms with E-state index in [0.29, 0.717) is 19.5 Å².